The Balaban J connectivity index is 2.35. The van der Waals surface area contributed by atoms with Gasteiger partial charge in [0, 0.05) is 6.54 Å². The number of benzene rings is 1. The van der Waals surface area contributed by atoms with Crippen LogP contribution in [0, 0.1) is 0 Å². The highest BCUT2D eigenvalue weighted by molar-refractivity contribution is 5.66. The van der Waals surface area contributed by atoms with E-state index in [1.54, 1.807) is 18.2 Å². The number of phenolic OH excluding ortho intramolecular Hbond substituents is 1. The number of hydrogen-bond donors (Lipinski definition) is 2. The molecule has 0 aromatic heterocycles. The summed E-state index contributed by atoms with van der Waals surface area (Å²) in [6, 6.07) is 6.93. The Morgan fingerprint density at radius 2 is 2.36 bits per heavy atom. The van der Waals surface area contributed by atoms with Crippen LogP contribution < -0.4 is 5.32 Å². The zero-order valence-electron chi connectivity index (χ0n) is 7.99. The maximum absolute atomic E-state index is 10.7. The summed E-state index contributed by atoms with van der Waals surface area (Å²) < 4.78 is 4.41. The van der Waals surface area contributed by atoms with Gasteiger partial charge in [-0.05, 0) is 24.1 Å². The third-order valence-electron chi connectivity index (χ3n) is 1.78. The van der Waals surface area contributed by atoms with E-state index < -0.39 is 6.09 Å². The molecule has 0 saturated heterocycles. The van der Waals surface area contributed by atoms with E-state index in [2.05, 4.69) is 10.1 Å². The van der Waals surface area contributed by atoms with Gasteiger partial charge in [-0.1, -0.05) is 12.1 Å². The van der Waals surface area contributed by atoms with Gasteiger partial charge in [-0.3, -0.25) is 0 Å². The maximum atomic E-state index is 10.7. The first-order chi connectivity index (χ1) is 6.72. The number of amides is 1. The Kier molecular flexibility index (Phi) is 3.79. The van der Waals surface area contributed by atoms with Crippen LogP contribution in [0.25, 0.3) is 0 Å². The lowest BCUT2D eigenvalue weighted by Gasteiger charge is -2.03. The van der Waals surface area contributed by atoms with E-state index in [4.69, 9.17) is 5.11 Å². The number of aromatic hydroxyl groups is 1. The Labute approximate surface area is 82.5 Å². The minimum atomic E-state index is -0.440. The first-order valence-electron chi connectivity index (χ1n) is 4.32. The molecule has 76 valence electrons. The summed E-state index contributed by atoms with van der Waals surface area (Å²) in [6.07, 6.45) is 0.230. The van der Waals surface area contributed by atoms with Gasteiger partial charge in [0.1, 0.15) is 5.75 Å². The lowest BCUT2D eigenvalue weighted by Crippen LogP contribution is -2.25. The number of rotatable bonds is 3. The van der Waals surface area contributed by atoms with E-state index in [1.165, 1.54) is 7.11 Å². The first-order valence-corrected chi connectivity index (χ1v) is 4.32. The van der Waals surface area contributed by atoms with E-state index in [0.717, 1.165) is 5.56 Å². The molecule has 1 aromatic carbocycles. The van der Waals surface area contributed by atoms with Gasteiger partial charge in [0.15, 0.2) is 0 Å². The number of nitrogens with one attached hydrogen (secondary N) is 1. The van der Waals surface area contributed by atoms with Crippen LogP contribution in [0.15, 0.2) is 24.3 Å². The molecule has 4 heteroatoms. The fourth-order valence-corrected chi connectivity index (χ4v) is 1.09. The monoisotopic (exact) mass is 195 g/mol. The van der Waals surface area contributed by atoms with Crippen LogP contribution in [0.3, 0.4) is 0 Å². The molecule has 0 atom stereocenters. The molecule has 0 aliphatic heterocycles. The Morgan fingerprint density at radius 3 is 3.00 bits per heavy atom. The summed E-state index contributed by atoms with van der Waals surface area (Å²) in [5.41, 5.74) is 0.974. The molecule has 0 saturated carbocycles. The van der Waals surface area contributed by atoms with E-state index >= 15 is 0 Å². The molecule has 0 aliphatic carbocycles. The van der Waals surface area contributed by atoms with E-state index in [9.17, 15) is 4.79 Å². The number of alkyl carbamates (subject to hydrolysis) is 1. The number of carbonyl (C=O) groups is 1. The van der Waals surface area contributed by atoms with Crippen molar-refractivity contribution in [3.05, 3.63) is 29.8 Å². The minimum absolute atomic E-state index is 0.237. The fraction of sp³-hybridized carbons (Fsp3) is 0.300. The molecule has 4 nitrogen and oxygen atoms in total. The number of hydrogen-bond acceptors (Lipinski definition) is 3. The lowest BCUT2D eigenvalue weighted by atomic mass is 10.1. The average Bonchev–Trinajstić information content (AvgIpc) is 2.17. The highest BCUT2D eigenvalue weighted by atomic mass is 16.5. The van der Waals surface area contributed by atoms with E-state index in [1.807, 2.05) is 6.07 Å². The molecule has 2 N–H and O–H groups in total. The van der Waals surface area contributed by atoms with Crippen LogP contribution in [-0.2, 0) is 11.2 Å². The molecule has 0 spiro atoms. The summed E-state index contributed by atoms with van der Waals surface area (Å²) in [5.74, 6) is 0.237. The molecule has 0 unspecified atom stereocenters. The molecule has 0 fully saturated rings. The number of carbonyl (C=O) groups excluding carboxylic acids is 1. The molecular formula is C10H13NO3. The highest BCUT2D eigenvalue weighted by Gasteiger charge is 1.98. The summed E-state index contributed by atoms with van der Waals surface area (Å²) in [4.78, 5) is 10.7. The average molecular weight is 195 g/mol. The van der Waals surface area contributed by atoms with Gasteiger partial charge in [0.2, 0.25) is 0 Å². The second-order valence-electron chi connectivity index (χ2n) is 2.84. The second kappa shape index (κ2) is 5.11. The smallest absolute Gasteiger partial charge is 0.406 e. The third kappa shape index (κ3) is 3.35. The van der Waals surface area contributed by atoms with Crippen LogP contribution >= 0.6 is 0 Å². The zero-order chi connectivity index (χ0) is 10.4. The normalized spacial score (nSPS) is 9.50. The van der Waals surface area contributed by atoms with Gasteiger partial charge in [0.05, 0.1) is 7.11 Å². The molecule has 1 amide bonds. The SMILES string of the molecule is COC(=O)NCCc1cccc(O)c1. The van der Waals surface area contributed by atoms with Gasteiger partial charge in [-0.15, -0.1) is 0 Å². The summed E-state index contributed by atoms with van der Waals surface area (Å²) in [6.45, 7) is 0.496. The lowest BCUT2D eigenvalue weighted by molar-refractivity contribution is 0.171. The Morgan fingerprint density at radius 1 is 1.57 bits per heavy atom. The van der Waals surface area contributed by atoms with Crippen molar-refractivity contribution < 1.29 is 14.6 Å². The zero-order valence-corrected chi connectivity index (χ0v) is 7.99. The fourth-order valence-electron chi connectivity index (χ4n) is 1.09. The van der Waals surface area contributed by atoms with Gasteiger partial charge in [-0.25, -0.2) is 4.79 Å². The standard InChI is InChI=1S/C10H13NO3/c1-14-10(13)11-6-5-8-3-2-4-9(12)7-8/h2-4,7,12H,5-6H2,1H3,(H,11,13). The van der Waals surface area contributed by atoms with Crippen LogP contribution in [0.4, 0.5) is 4.79 Å². The van der Waals surface area contributed by atoms with Crippen molar-refractivity contribution in [2.75, 3.05) is 13.7 Å². The van der Waals surface area contributed by atoms with Crippen LogP contribution in [0.5, 0.6) is 5.75 Å². The largest absolute Gasteiger partial charge is 0.508 e. The van der Waals surface area contributed by atoms with Crippen molar-refractivity contribution >= 4 is 6.09 Å². The molecule has 0 heterocycles. The molecule has 1 rings (SSSR count). The van der Waals surface area contributed by atoms with E-state index in [-0.39, 0.29) is 5.75 Å². The van der Waals surface area contributed by atoms with Gasteiger partial charge in [0.25, 0.3) is 0 Å². The highest BCUT2D eigenvalue weighted by Crippen LogP contribution is 2.10. The molecule has 14 heavy (non-hydrogen) atoms. The number of ether oxygens (including phenoxy) is 1. The van der Waals surface area contributed by atoms with E-state index in [0.29, 0.717) is 13.0 Å². The van der Waals surface area contributed by atoms with Crippen molar-refractivity contribution in [3.63, 3.8) is 0 Å². The van der Waals surface area contributed by atoms with Gasteiger partial charge >= 0.3 is 6.09 Å². The Bertz CT molecular complexity index is 312. The molecule has 0 bridgehead atoms. The summed E-state index contributed by atoms with van der Waals surface area (Å²) in [5, 5.41) is 11.7. The van der Waals surface area contributed by atoms with Gasteiger partial charge < -0.3 is 15.2 Å². The molecule has 1 aromatic rings. The number of methoxy groups -OCH3 is 1. The van der Waals surface area contributed by atoms with Gasteiger partial charge in [-0.2, -0.15) is 0 Å². The van der Waals surface area contributed by atoms with Crippen LogP contribution in [0.2, 0.25) is 0 Å². The van der Waals surface area contributed by atoms with Crippen molar-refractivity contribution in [2.45, 2.75) is 6.42 Å². The summed E-state index contributed by atoms with van der Waals surface area (Å²) >= 11 is 0. The van der Waals surface area contributed by atoms with Crippen molar-refractivity contribution in [3.8, 4) is 5.75 Å². The molecule has 0 radical (unpaired) electrons. The predicted molar refractivity (Wildman–Crippen MR) is 52.2 cm³/mol. The maximum Gasteiger partial charge on any atom is 0.406 e. The first kappa shape index (κ1) is 10.4. The third-order valence-corrected chi connectivity index (χ3v) is 1.78. The van der Waals surface area contributed by atoms with Crippen molar-refractivity contribution in [1.82, 2.24) is 5.32 Å². The van der Waals surface area contributed by atoms with Crippen LogP contribution in [-0.4, -0.2) is 24.9 Å². The molecular weight excluding hydrogens is 182 g/mol. The topological polar surface area (TPSA) is 58.6 Å². The predicted octanol–water partition coefficient (Wildman–Crippen LogP) is 1.29. The minimum Gasteiger partial charge on any atom is -0.508 e. The quantitative estimate of drug-likeness (QED) is 0.764. The Hall–Kier alpha value is -1.71. The summed E-state index contributed by atoms with van der Waals surface area (Å²) in [7, 11) is 1.32. The van der Waals surface area contributed by atoms with Crippen molar-refractivity contribution in [2.24, 2.45) is 0 Å². The second-order valence-corrected chi connectivity index (χ2v) is 2.84. The van der Waals surface area contributed by atoms with Crippen molar-refractivity contribution in [1.29, 1.82) is 0 Å². The molecule has 0 aliphatic rings. The van der Waals surface area contributed by atoms with Crippen LogP contribution in [0.1, 0.15) is 5.56 Å². The number of phenols is 1.